The third kappa shape index (κ3) is 3.33. The molecule has 120 valence electrons. The van der Waals surface area contributed by atoms with Crippen LogP contribution in [0.2, 0.25) is 0 Å². The first-order chi connectivity index (χ1) is 10.0. The van der Waals surface area contributed by atoms with E-state index in [1.807, 2.05) is 4.90 Å². The number of likely N-dealkylation sites (tertiary alicyclic amines) is 2. The first-order valence-corrected chi connectivity index (χ1v) is 8.31. The van der Waals surface area contributed by atoms with Gasteiger partial charge in [-0.15, -0.1) is 0 Å². The van der Waals surface area contributed by atoms with Crippen molar-refractivity contribution in [1.29, 1.82) is 0 Å². The molecule has 0 bridgehead atoms. The Kier molecular flexibility index (Phi) is 5.12. The third-order valence-corrected chi connectivity index (χ3v) is 5.63. The zero-order chi connectivity index (χ0) is 15.5. The van der Waals surface area contributed by atoms with Crippen LogP contribution in [-0.2, 0) is 4.79 Å². The van der Waals surface area contributed by atoms with Gasteiger partial charge in [0.2, 0.25) is 0 Å². The Morgan fingerprint density at radius 3 is 2.24 bits per heavy atom. The van der Waals surface area contributed by atoms with Crippen LogP contribution in [-0.4, -0.2) is 52.6 Å². The average Bonchev–Trinajstić information content (AvgIpc) is 2.54. The summed E-state index contributed by atoms with van der Waals surface area (Å²) in [5.74, 6) is -0.864. The van der Waals surface area contributed by atoms with Crippen LogP contribution in [0.1, 0.15) is 58.8 Å². The van der Waals surface area contributed by atoms with E-state index in [1.165, 1.54) is 0 Å². The van der Waals surface area contributed by atoms with Gasteiger partial charge in [-0.05, 0) is 37.5 Å². The first-order valence-electron chi connectivity index (χ1n) is 8.31. The summed E-state index contributed by atoms with van der Waals surface area (Å²) in [5, 5.41) is 9.30. The highest BCUT2D eigenvalue weighted by molar-refractivity contribution is 5.83. The van der Waals surface area contributed by atoms with Gasteiger partial charge in [0.1, 0.15) is 6.04 Å². The van der Waals surface area contributed by atoms with Crippen molar-refractivity contribution in [2.24, 2.45) is 5.41 Å². The Hall–Kier alpha value is -1.26. The lowest BCUT2D eigenvalue weighted by molar-refractivity contribution is -0.143. The molecule has 0 aromatic carbocycles. The van der Waals surface area contributed by atoms with Crippen LogP contribution >= 0.6 is 0 Å². The number of carbonyl (C=O) groups is 2. The summed E-state index contributed by atoms with van der Waals surface area (Å²) in [5.41, 5.74) is 0.380. The molecule has 0 radical (unpaired) electrons. The minimum atomic E-state index is -0.864. The van der Waals surface area contributed by atoms with Crippen LogP contribution in [0.4, 0.5) is 4.79 Å². The summed E-state index contributed by atoms with van der Waals surface area (Å²) in [7, 11) is 0. The number of carboxylic acid groups (broad SMARTS) is 1. The lowest BCUT2D eigenvalue weighted by Crippen LogP contribution is -2.55. The first kappa shape index (κ1) is 16.1. The molecule has 0 aromatic rings. The van der Waals surface area contributed by atoms with Crippen LogP contribution in [0.25, 0.3) is 0 Å². The number of aliphatic carboxylic acids is 1. The van der Waals surface area contributed by atoms with Gasteiger partial charge in [0.15, 0.2) is 0 Å². The minimum Gasteiger partial charge on any atom is -0.480 e. The van der Waals surface area contributed by atoms with Crippen molar-refractivity contribution < 1.29 is 14.7 Å². The van der Waals surface area contributed by atoms with E-state index < -0.39 is 12.0 Å². The molecule has 1 N–H and O–H groups in total. The molecule has 2 aliphatic rings. The molecule has 2 fully saturated rings. The molecule has 5 nitrogen and oxygen atoms in total. The second-order valence-electron chi connectivity index (χ2n) is 6.52. The second-order valence-corrected chi connectivity index (χ2v) is 6.52. The number of piperidine rings is 2. The fourth-order valence-electron chi connectivity index (χ4n) is 3.73. The van der Waals surface area contributed by atoms with E-state index in [2.05, 4.69) is 13.8 Å². The minimum absolute atomic E-state index is 0.0668. The van der Waals surface area contributed by atoms with Crippen molar-refractivity contribution in [2.45, 2.75) is 64.8 Å². The number of carbonyl (C=O) groups excluding carboxylic acids is 1. The monoisotopic (exact) mass is 296 g/mol. The highest BCUT2D eigenvalue weighted by atomic mass is 16.4. The van der Waals surface area contributed by atoms with Gasteiger partial charge < -0.3 is 14.9 Å². The largest absolute Gasteiger partial charge is 0.480 e. The van der Waals surface area contributed by atoms with Crippen molar-refractivity contribution in [3.8, 4) is 0 Å². The van der Waals surface area contributed by atoms with E-state index >= 15 is 0 Å². The van der Waals surface area contributed by atoms with Crippen LogP contribution in [0.15, 0.2) is 0 Å². The van der Waals surface area contributed by atoms with Gasteiger partial charge in [-0.2, -0.15) is 0 Å². The van der Waals surface area contributed by atoms with Crippen molar-refractivity contribution in [3.63, 3.8) is 0 Å². The van der Waals surface area contributed by atoms with Crippen molar-refractivity contribution in [1.82, 2.24) is 9.80 Å². The van der Waals surface area contributed by atoms with Crippen molar-refractivity contribution >= 4 is 12.0 Å². The van der Waals surface area contributed by atoms with Gasteiger partial charge in [-0.25, -0.2) is 9.59 Å². The molecule has 2 amide bonds. The lowest BCUT2D eigenvalue weighted by Gasteiger charge is -2.44. The Morgan fingerprint density at radius 1 is 1.10 bits per heavy atom. The van der Waals surface area contributed by atoms with Crippen molar-refractivity contribution in [2.75, 3.05) is 19.6 Å². The van der Waals surface area contributed by atoms with Gasteiger partial charge >= 0.3 is 12.0 Å². The number of carboxylic acids is 1. The number of rotatable bonds is 3. The Bertz CT molecular complexity index is 383. The molecule has 1 unspecified atom stereocenters. The maximum atomic E-state index is 12.6. The summed E-state index contributed by atoms with van der Waals surface area (Å²) >= 11 is 0. The molecule has 21 heavy (non-hydrogen) atoms. The Balaban J connectivity index is 1.99. The molecule has 0 saturated carbocycles. The van der Waals surface area contributed by atoms with E-state index in [-0.39, 0.29) is 6.03 Å². The molecular formula is C16H28N2O3. The molecule has 0 spiro atoms. The predicted octanol–water partition coefficient (Wildman–Crippen LogP) is 2.95. The Labute approximate surface area is 127 Å². The molecule has 1 atom stereocenters. The zero-order valence-electron chi connectivity index (χ0n) is 13.3. The highest BCUT2D eigenvalue weighted by Gasteiger charge is 2.38. The van der Waals surface area contributed by atoms with Gasteiger partial charge in [-0.1, -0.05) is 26.7 Å². The smallest absolute Gasteiger partial charge is 0.326 e. The number of amides is 2. The van der Waals surface area contributed by atoms with Gasteiger partial charge in [0.25, 0.3) is 0 Å². The van der Waals surface area contributed by atoms with E-state index in [0.717, 1.165) is 51.6 Å². The fraction of sp³-hybridized carbons (Fsp3) is 0.875. The summed E-state index contributed by atoms with van der Waals surface area (Å²) < 4.78 is 0. The maximum absolute atomic E-state index is 12.6. The quantitative estimate of drug-likeness (QED) is 0.871. The SMILES string of the molecule is CCC1(CC)CCN(C(=O)N2CCCCC2C(=O)O)CC1. The number of hydrogen-bond acceptors (Lipinski definition) is 2. The molecule has 2 aliphatic heterocycles. The molecular weight excluding hydrogens is 268 g/mol. The van der Waals surface area contributed by atoms with Gasteiger partial charge in [0, 0.05) is 19.6 Å². The molecule has 0 aliphatic carbocycles. The topological polar surface area (TPSA) is 60.9 Å². The van der Waals surface area contributed by atoms with Crippen molar-refractivity contribution in [3.05, 3.63) is 0 Å². The standard InChI is InChI=1S/C16H28N2O3/c1-3-16(4-2)8-11-17(12-9-16)15(21)18-10-6-5-7-13(18)14(19)20/h13H,3-12H2,1-2H3,(H,19,20). The van der Waals surface area contributed by atoms with E-state index in [9.17, 15) is 14.7 Å². The average molecular weight is 296 g/mol. The molecule has 2 heterocycles. The van der Waals surface area contributed by atoms with Crippen LogP contribution in [0, 0.1) is 5.41 Å². The number of urea groups is 1. The molecule has 0 aromatic heterocycles. The summed E-state index contributed by atoms with van der Waals surface area (Å²) in [6.07, 6.45) is 6.80. The normalized spacial score (nSPS) is 25.7. The Morgan fingerprint density at radius 2 is 1.71 bits per heavy atom. The number of hydrogen-bond donors (Lipinski definition) is 1. The molecule has 2 saturated heterocycles. The summed E-state index contributed by atoms with van der Waals surface area (Å²) in [4.78, 5) is 27.4. The summed E-state index contributed by atoms with van der Waals surface area (Å²) in [6.45, 7) is 6.57. The molecule has 2 rings (SSSR count). The van der Waals surface area contributed by atoms with Crippen LogP contribution in [0.3, 0.4) is 0 Å². The summed E-state index contributed by atoms with van der Waals surface area (Å²) in [6, 6.07) is -0.696. The van der Waals surface area contributed by atoms with Crippen LogP contribution in [0.5, 0.6) is 0 Å². The fourth-order valence-corrected chi connectivity index (χ4v) is 3.73. The highest BCUT2D eigenvalue weighted by Crippen LogP contribution is 2.38. The van der Waals surface area contributed by atoms with Gasteiger partial charge in [0.05, 0.1) is 0 Å². The molecule has 5 heteroatoms. The zero-order valence-corrected chi connectivity index (χ0v) is 13.3. The van der Waals surface area contributed by atoms with E-state index in [1.54, 1.807) is 4.90 Å². The van der Waals surface area contributed by atoms with Crippen LogP contribution < -0.4 is 0 Å². The van der Waals surface area contributed by atoms with Gasteiger partial charge in [-0.3, -0.25) is 0 Å². The second kappa shape index (κ2) is 6.67. The van der Waals surface area contributed by atoms with E-state index in [0.29, 0.717) is 18.4 Å². The predicted molar refractivity (Wildman–Crippen MR) is 81.2 cm³/mol. The van der Waals surface area contributed by atoms with E-state index in [4.69, 9.17) is 0 Å². The number of nitrogens with zero attached hydrogens (tertiary/aromatic N) is 2. The maximum Gasteiger partial charge on any atom is 0.326 e. The lowest BCUT2D eigenvalue weighted by atomic mass is 9.74. The third-order valence-electron chi connectivity index (χ3n) is 5.63.